The number of benzene rings is 2. The summed E-state index contributed by atoms with van der Waals surface area (Å²) in [6.07, 6.45) is 3.29. The second-order valence-corrected chi connectivity index (χ2v) is 6.09. The van der Waals surface area contributed by atoms with Crippen LogP contribution in [-0.2, 0) is 0 Å². The first-order chi connectivity index (χ1) is 13.7. The Morgan fingerprint density at radius 1 is 0.893 bits per heavy atom. The van der Waals surface area contributed by atoms with Crippen LogP contribution in [0.5, 0.6) is 5.75 Å². The zero-order chi connectivity index (χ0) is 19.3. The number of hydrogen-bond acceptors (Lipinski definition) is 5. The van der Waals surface area contributed by atoms with E-state index in [1.165, 1.54) is 6.20 Å². The molecule has 2 aromatic heterocycles. The van der Waals surface area contributed by atoms with Gasteiger partial charge in [-0.2, -0.15) is 0 Å². The number of carbonyl (C=O) groups excluding carboxylic acids is 1. The van der Waals surface area contributed by atoms with Crippen LogP contribution >= 0.6 is 0 Å². The van der Waals surface area contributed by atoms with E-state index < -0.39 is 0 Å². The van der Waals surface area contributed by atoms with E-state index >= 15 is 0 Å². The molecule has 0 unspecified atom stereocenters. The summed E-state index contributed by atoms with van der Waals surface area (Å²) in [5, 5.41) is 7.13. The second kappa shape index (κ2) is 7.75. The lowest BCUT2D eigenvalue weighted by atomic mass is 10.2. The smallest absolute Gasteiger partial charge is 0.257 e. The molecule has 0 spiro atoms. The van der Waals surface area contributed by atoms with Crippen LogP contribution in [-0.4, -0.2) is 23.0 Å². The minimum Gasteiger partial charge on any atom is -0.495 e. The second-order valence-electron chi connectivity index (χ2n) is 6.09. The lowest BCUT2D eigenvalue weighted by Crippen LogP contribution is -2.13. The van der Waals surface area contributed by atoms with Gasteiger partial charge < -0.3 is 15.4 Å². The topological polar surface area (TPSA) is 76.1 Å². The van der Waals surface area contributed by atoms with Crippen molar-refractivity contribution in [1.82, 2.24) is 9.97 Å². The van der Waals surface area contributed by atoms with Gasteiger partial charge in [-0.1, -0.05) is 30.3 Å². The summed E-state index contributed by atoms with van der Waals surface area (Å²) in [4.78, 5) is 21.3. The van der Waals surface area contributed by atoms with Crippen LogP contribution in [0.3, 0.4) is 0 Å². The fourth-order valence-corrected chi connectivity index (χ4v) is 2.89. The third-order valence-corrected chi connectivity index (χ3v) is 4.28. The average Bonchev–Trinajstić information content (AvgIpc) is 2.75. The third kappa shape index (κ3) is 3.61. The molecule has 138 valence electrons. The first-order valence-electron chi connectivity index (χ1n) is 8.76. The number of anilines is 3. The summed E-state index contributed by atoms with van der Waals surface area (Å²) >= 11 is 0. The van der Waals surface area contributed by atoms with Crippen LogP contribution in [0.1, 0.15) is 10.4 Å². The number of nitrogens with one attached hydrogen (secondary N) is 2. The first-order valence-corrected chi connectivity index (χ1v) is 8.76. The van der Waals surface area contributed by atoms with Crippen LogP contribution in [0.25, 0.3) is 10.9 Å². The summed E-state index contributed by atoms with van der Waals surface area (Å²) in [5.74, 6) is 0.980. The zero-order valence-corrected chi connectivity index (χ0v) is 15.2. The maximum Gasteiger partial charge on any atom is 0.257 e. The van der Waals surface area contributed by atoms with Crippen LogP contribution < -0.4 is 15.4 Å². The molecule has 4 rings (SSSR count). The van der Waals surface area contributed by atoms with Crippen molar-refractivity contribution in [2.24, 2.45) is 0 Å². The van der Waals surface area contributed by atoms with E-state index in [-0.39, 0.29) is 5.91 Å². The summed E-state index contributed by atoms with van der Waals surface area (Å²) in [6, 6.07) is 20.6. The van der Waals surface area contributed by atoms with Crippen molar-refractivity contribution in [3.05, 3.63) is 84.7 Å². The molecule has 0 bridgehead atoms. The Morgan fingerprint density at radius 2 is 1.71 bits per heavy atom. The van der Waals surface area contributed by atoms with Crippen LogP contribution in [0.15, 0.2) is 79.1 Å². The number of carbonyl (C=O) groups is 1. The molecule has 6 nitrogen and oxygen atoms in total. The van der Waals surface area contributed by atoms with Gasteiger partial charge in [0.25, 0.3) is 5.91 Å². The molecule has 0 aliphatic heterocycles. The molecule has 2 heterocycles. The van der Waals surface area contributed by atoms with Gasteiger partial charge in [-0.25, -0.2) is 4.98 Å². The van der Waals surface area contributed by atoms with E-state index in [4.69, 9.17) is 4.74 Å². The predicted molar refractivity (Wildman–Crippen MR) is 110 cm³/mol. The summed E-state index contributed by atoms with van der Waals surface area (Å²) < 4.78 is 5.26. The van der Waals surface area contributed by atoms with Crippen molar-refractivity contribution in [2.45, 2.75) is 0 Å². The van der Waals surface area contributed by atoms with Gasteiger partial charge in [0, 0.05) is 17.8 Å². The van der Waals surface area contributed by atoms with Crippen molar-refractivity contribution in [1.29, 1.82) is 0 Å². The molecule has 6 heteroatoms. The third-order valence-electron chi connectivity index (χ3n) is 4.28. The number of hydrogen-bond donors (Lipinski definition) is 2. The highest BCUT2D eigenvalue weighted by Gasteiger charge is 2.10. The lowest BCUT2D eigenvalue weighted by molar-refractivity contribution is 0.102. The normalized spacial score (nSPS) is 10.5. The quantitative estimate of drug-likeness (QED) is 0.535. The number of rotatable bonds is 5. The Kier molecular flexibility index (Phi) is 4.84. The number of para-hydroxylation sites is 3. The molecule has 2 N–H and O–H groups in total. The van der Waals surface area contributed by atoms with Crippen molar-refractivity contribution >= 4 is 34.0 Å². The monoisotopic (exact) mass is 370 g/mol. The fraction of sp³-hybridized carbons (Fsp3) is 0.0455. The highest BCUT2D eigenvalue weighted by Crippen LogP contribution is 2.25. The van der Waals surface area contributed by atoms with Gasteiger partial charge in [-0.3, -0.25) is 9.78 Å². The lowest BCUT2D eigenvalue weighted by Gasteiger charge is -2.11. The Hall–Kier alpha value is -3.93. The van der Waals surface area contributed by atoms with Crippen LogP contribution in [0.2, 0.25) is 0 Å². The molecule has 28 heavy (non-hydrogen) atoms. The minimum atomic E-state index is -0.254. The number of methoxy groups -OCH3 is 1. The molecule has 0 aliphatic rings. The van der Waals surface area contributed by atoms with E-state index in [9.17, 15) is 4.79 Å². The van der Waals surface area contributed by atoms with Crippen molar-refractivity contribution in [3.8, 4) is 5.75 Å². The van der Waals surface area contributed by atoms with Crippen molar-refractivity contribution in [2.75, 3.05) is 17.7 Å². The Labute approximate surface area is 162 Å². The number of amides is 1. The summed E-state index contributed by atoms with van der Waals surface area (Å²) in [5.41, 5.74) is 2.79. The molecular weight excluding hydrogens is 352 g/mol. The van der Waals surface area contributed by atoms with E-state index in [1.807, 2.05) is 42.5 Å². The Balaban J connectivity index is 1.51. The maximum absolute atomic E-state index is 12.5. The van der Waals surface area contributed by atoms with E-state index in [2.05, 4.69) is 20.6 Å². The predicted octanol–water partition coefficient (Wildman–Crippen LogP) is 4.63. The molecule has 0 saturated heterocycles. The minimum absolute atomic E-state index is 0.254. The highest BCUT2D eigenvalue weighted by molar-refractivity contribution is 6.05. The number of pyridine rings is 2. The van der Waals surface area contributed by atoms with Gasteiger partial charge >= 0.3 is 0 Å². The van der Waals surface area contributed by atoms with Crippen LogP contribution in [0, 0.1) is 0 Å². The summed E-state index contributed by atoms with van der Waals surface area (Å²) in [7, 11) is 1.56. The van der Waals surface area contributed by atoms with Gasteiger partial charge in [-0.15, -0.1) is 0 Å². The van der Waals surface area contributed by atoms with Gasteiger partial charge in [0.05, 0.1) is 29.6 Å². The van der Waals surface area contributed by atoms with Crippen molar-refractivity contribution < 1.29 is 9.53 Å². The van der Waals surface area contributed by atoms with Gasteiger partial charge in [-0.05, 0) is 36.4 Å². The fourth-order valence-electron chi connectivity index (χ4n) is 2.89. The van der Waals surface area contributed by atoms with E-state index in [0.717, 1.165) is 16.6 Å². The zero-order valence-electron chi connectivity index (χ0n) is 15.2. The molecule has 0 radical (unpaired) electrons. The molecule has 0 saturated carbocycles. The van der Waals surface area contributed by atoms with Gasteiger partial charge in [0.2, 0.25) is 0 Å². The molecule has 2 aromatic carbocycles. The molecule has 0 atom stereocenters. The van der Waals surface area contributed by atoms with Crippen molar-refractivity contribution in [3.63, 3.8) is 0 Å². The molecule has 1 amide bonds. The number of nitrogens with zero attached hydrogens (tertiary/aromatic N) is 2. The Morgan fingerprint density at radius 3 is 2.54 bits per heavy atom. The molecule has 4 aromatic rings. The molecular formula is C22H18N4O2. The number of aromatic nitrogens is 2. The average molecular weight is 370 g/mol. The van der Waals surface area contributed by atoms with Gasteiger partial charge in [0.15, 0.2) is 0 Å². The number of fused-ring (bicyclic) bond motifs is 1. The standard InChI is InChI=1S/C22H18N4O2/c1-28-19-10-3-2-8-17(19)26-22(27)16-11-12-20(24-14-16)25-18-9-4-6-15-7-5-13-23-21(15)18/h2-14H,1H3,(H,24,25)(H,26,27). The van der Waals surface area contributed by atoms with E-state index in [0.29, 0.717) is 22.8 Å². The highest BCUT2D eigenvalue weighted by atomic mass is 16.5. The van der Waals surface area contributed by atoms with E-state index in [1.54, 1.807) is 37.6 Å². The Bertz CT molecular complexity index is 1120. The van der Waals surface area contributed by atoms with Crippen LogP contribution in [0.4, 0.5) is 17.2 Å². The largest absolute Gasteiger partial charge is 0.495 e. The van der Waals surface area contributed by atoms with Gasteiger partial charge in [0.1, 0.15) is 11.6 Å². The first kappa shape index (κ1) is 17.5. The maximum atomic E-state index is 12.5. The SMILES string of the molecule is COc1ccccc1NC(=O)c1ccc(Nc2cccc3cccnc23)nc1. The molecule has 0 fully saturated rings. The molecule has 0 aliphatic carbocycles. The summed E-state index contributed by atoms with van der Waals surface area (Å²) in [6.45, 7) is 0. The number of ether oxygens (including phenoxy) is 1.